The fraction of sp³-hybridized carbons (Fsp3) is 0.571. The average Bonchev–Trinajstić information content (AvgIpc) is 2.37. The van der Waals surface area contributed by atoms with Gasteiger partial charge in [0.2, 0.25) is 0 Å². The Morgan fingerprint density at radius 3 is 2.32 bits per heavy atom. The summed E-state index contributed by atoms with van der Waals surface area (Å²) in [5, 5.41) is 8.72. The zero-order valence-electron chi connectivity index (χ0n) is 11.6. The molecule has 108 valence electrons. The van der Waals surface area contributed by atoms with Crippen molar-refractivity contribution < 1.29 is 13.5 Å². The molecular weight excluding hydrogens is 262 g/mol. The van der Waals surface area contributed by atoms with Crippen LogP contribution >= 0.6 is 0 Å². The van der Waals surface area contributed by atoms with Crippen molar-refractivity contribution in [1.82, 2.24) is 4.90 Å². The summed E-state index contributed by atoms with van der Waals surface area (Å²) in [5.74, 6) is 0.136. The van der Waals surface area contributed by atoms with Gasteiger partial charge in [0.15, 0.2) is 9.84 Å². The van der Waals surface area contributed by atoms with Crippen molar-refractivity contribution in [2.45, 2.75) is 25.6 Å². The predicted octanol–water partition coefficient (Wildman–Crippen LogP) is 1.30. The molecule has 0 aliphatic rings. The second kappa shape index (κ2) is 7.62. The Morgan fingerprint density at radius 1 is 1.16 bits per heavy atom. The summed E-state index contributed by atoms with van der Waals surface area (Å²) in [5.41, 5.74) is 1.12. The Labute approximate surface area is 116 Å². The number of benzene rings is 1. The van der Waals surface area contributed by atoms with E-state index in [1.54, 1.807) is 13.8 Å². The van der Waals surface area contributed by atoms with Gasteiger partial charge in [-0.2, -0.15) is 0 Å². The lowest BCUT2D eigenvalue weighted by Crippen LogP contribution is -2.33. The van der Waals surface area contributed by atoms with Crippen molar-refractivity contribution in [3.63, 3.8) is 0 Å². The van der Waals surface area contributed by atoms with Crippen LogP contribution in [0.4, 0.5) is 0 Å². The van der Waals surface area contributed by atoms with Crippen LogP contribution in [0.2, 0.25) is 0 Å². The second-order valence-electron chi connectivity index (χ2n) is 4.90. The SMILES string of the molecule is CC(C)S(=O)(=O)CCN(CCO)Cc1ccccc1. The van der Waals surface area contributed by atoms with E-state index in [1.807, 2.05) is 35.2 Å². The van der Waals surface area contributed by atoms with Crippen LogP contribution < -0.4 is 0 Å². The molecule has 5 heteroatoms. The van der Waals surface area contributed by atoms with Gasteiger partial charge in [0.1, 0.15) is 0 Å². The minimum Gasteiger partial charge on any atom is -0.395 e. The highest BCUT2D eigenvalue weighted by Crippen LogP contribution is 2.06. The van der Waals surface area contributed by atoms with Gasteiger partial charge in [0.25, 0.3) is 0 Å². The molecule has 0 aliphatic heterocycles. The molecular formula is C14H23NO3S. The molecule has 0 saturated heterocycles. The second-order valence-corrected chi connectivity index (χ2v) is 7.58. The van der Waals surface area contributed by atoms with E-state index in [0.29, 0.717) is 19.6 Å². The normalized spacial score (nSPS) is 12.3. The Hall–Kier alpha value is -0.910. The molecule has 0 fully saturated rings. The maximum atomic E-state index is 11.8. The van der Waals surface area contributed by atoms with Crippen molar-refractivity contribution in [3.8, 4) is 0 Å². The van der Waals surface area contributed by atoms with E-state index in [-0.39, 0.29) is 17.6 Å². The lowest BCUT2D eigenvalue weighted by atomic mass is 10.2. The molecule has 1 aromatic rings. The summed E-state index contributed by atoms with van der Waals surface area (Å²) < 4.78 is 23.6. The first kappa shape index (κ1) is 16.1. The summed E-state index contributed by atoms with van der Waals surface area (Å²) in [6.07, 6.45) is 0. The quantitative estimate of drug-likeness (QED) is 0.782. The van der Waals surface area contributed by atoms with Gasteiger partial charge < -0.3 is 5.11 Å². The number of nitrogens with zero attached hydrogens (tertiary/aromatic N) is 1. The van der Waals surface area contributed by atoms with Gasteiger partial charge in [-0.3, -0.25) is 4.90 Å². The zero-order valence-corrected chi connectivity index (χ0v) is 12.4. The molecule has 0 saturated carbocycles. The number of aliphatic hydroxyl groups is 1. The first-order valence-electron chi connectivity index (χ1n) is 6.54. The van der Waals surface area contributed by atoms with E-state index in [9.17, 15) is 8.42 Å². The fourth-order valence-electron chi connectivity index (χ4n) is 1.74. The van der Waals surface area contributed by atoms with Crippen LogP contribution in [0.25, 0.3) is 0 Å². The van der Waals surface area contributed by atoms with Crippen molar-refractivity contribution in [2.24, 2.45) is 0 Å². The summed E-state index contributed by atoms with van der Waals surface area (Å²) in [6.45, 7) is 5.04. The highest BCUT2D eigenvalue weighted by atomic mass is 32.2. The van der Waals surface area contributed by atoms with Gasteiger partial charge in [0.05, 0.1) is 17.6 Å². The first-order chi connectivity index (χ1) is 8.95. The van der Waals surface area contributed by atoms with E-state index in [0.717, 1.165) is 5.56 Å². The molecule has 0 aromatic heterocycles. The number of hydrogen-bond acceptors (Lipinski definition) is 4. The van der Waals surface area contributed by atoms with Gasteiger partial charge in [-0.15, -0.1) is 0 Å². The van der Waals surface area contributed by atoms with E-state index >= 15 is 0 Å². The molecule has 0 aliphatic carbocycles. The lowest BCUT2D eigenvalue weighted by Gasteiger charge is -2.21. The molecule has 0 amide bonds. The van der Waals surface area contributed by atoms with Crippen molar-refractivity contribution in [3.05, 3.63) is 35.9 Å². The summed E-state index contributed by atoms with van der Waals surface area (Å²) >= 11 is 0. The average molecular weight is 285 g/mol. The Balaban J connectivity index is 2.59. The maximum Gasteiger partial charge on any atom is 0.153 e. The molecule has 0 spiro atoms. The standard InChI is InChI=1S/C14H23NO3S/c1-13(2)19(17,18)11-9-15(8-10-16)12-14-6-4-3-5-7-14/h3-7,13,16H,8-12H2,1-2H3. The molecule has 0 radical (unpaired) electrons. The monoisotopic (exact) mass is 285 g/mol. The zero-order chi connectivity index (χ0) is 14.3. The van der Waals surface area contributed by atoms with Crippen molar-refractivity contribution in [2.75, 3.05) is 25.4 Å². The third-order valence-electron chi connectivity index (χ3n) is 3.08. The van der Waals surface area contributed by atoms with E-state index in [4.69, 9.17) is 5.11 Å². The molecule has 1 N–H and O–H groups in total. The largest absolute Gasteiger partial charge is 0.395 e. The molecule has 1 aromatic carbocycles. The Kier molecular flexibility index (Phi) is 6.48. The fourth-order valence-corrected chi connectivity index (χ4v) is 2.73. The van der Waals surface area contributed by atoms with Crippen LogP contribution in [0.3, 0.4) is 0 Å². The molecule has 0 atom stereocenters. The maximum absolute atomic E-state index is 11.8. The van der Waals surface area contributed by atoms with Gasteiger partial charge in [-0.25, -0.2) is 8.42 Å². The highest BCUT2D eigenvalue weighted by molar-refractivity contribution is 7.92. The number of sulfone groups is 1. The highest BCUT2D eigenvalue weighted by Gasteiger charge is 2.17. The van der Waals surface area contributed by atoms with Crippen molar-refractivity contribution in [1.29, 1.82) is 0 Å². The topological polar surface area (TPSA) is 57.6 Å². The van der Waals surface area contributed by atoms with Crippen LogP contribution in [-0.4, -0.2) is 49.1 Å². The van der Waals surface area contributed by atoms with Crippen LogP contribution in [0, 0.1) is 0 Å². The number of rotatable bonds is 8. The third-order valence-corrected chi connectivity index (χ3v) is 5.26. The smallest absolute Gasteiger partial charge is 0.153 e. The van der Waals surface area contributed by atoms with E-state index in [2.05, 4.69) is 0 Å². The van der Waals surface area contributed by atoms with Crippen LogP contribution in [-0.2, 0) is 16.4 Å². The molecule has 4 nitrogen and oxygen atoms in total. The molecule has 1 rings (SSSR count). The van der Waals surface area contributed by atoms with Crippen molar-refractivity contribution >= 4 is 9.84 Å². The molecule has 0 bridgehead atoms. The molecule has 19 heavy (non-hydrogen) atoms. The summed E-state index contributed by atoms with van der Waals surface area (Å²) in [7, 11) is -3.03. The van der Waals surface area contributed by atoms with Gasteiger partial charge in [0, 0.05) is 19.6 Å². The van der Waals surface area contributed by atoms with Gasteiger partial charge in [-0.05, 0) is 19.4 Å². The van der Waals surface area contributed by atoms with Crippen LogP contribution in [0.5, 0.6) is 0 Å². The van der Waals surface area contributed by atoms with E-state index < -0.39 is 9.84 Å². The van der Waals surface area contributed by atoms with E-state index in [1.165, 1.54) is 0 Å². The van der Waals surface area contributed by atoms with Crippen LogP contribution in [0.1, 0.15) is 19.4 Å². The minimum absolute atomic E-state index is 0.0363. The predicted molar refractivity (Wildman–Crippen MR) is 77.7 cm³/mol. The molecule has 0 unspecified atom stereocenters. The Bertz CT molecular complexity index is 457. The van der Waals surface area contributed by atoms with Gasteiger partial charge in [-0.1, -0.05) is 30.3 Å². The first-order valence-corrected chi connectivity index (χ1v) is 8.26. The minimum atomic E-state index is -3.03. The summed E-state index contributed by atoms with van der Waals surface area (Å²) in [4.78, 5) is 1.97. The van der Waals surface area contributed by atoms with Gasteiger partial charge >= 0.3 is 0 Å². The Morgan fingerprint density at radius 2 is 1.79 bits per heavy atom. The lowest BCUT2D eigenvalue weighted by molar-refractivity contribution is 0.197. The summed E-state index contributed by atoms with van der Waals surface area (Å²) in [6, 6.07) is 9.86. The number of hydrogen-bond donors (Lipinski definition) is 1. The third kappa shape index (κ3) is 5.72. The van der Waals surface area contributed by atoms with Crippen LogP contribution in [0.15, 0.2) is 30.3 Å². The molecule has 0 heterocycles. The number of aliphatic hydroxyl groups excluding tert-OH is 1.